The average Bonchev–Trinajstić information content (AvgIpc) is 3.16. The lowest BCUT2D eigenvalue weighted by atomic mass is 10.3. The van der Waals surface area contributed by atoms with Crippen molar-refractivity contribution in [3.63, 3.8) is 0 Å². The molecule has 0 radical (unpaired) electrons. The molecule has 2 rings (SSSR count). The van der Waals surface area contributed by atoms with Crippen LogP contribution < -0.4 is 5.73 Å². The largest absolute Gasteiger partial charge is 0.386 e. The molecule has 1 aromatic heterocycles. The highest BCUT2D eigenvalue weighted by atomic mass is 79.9. The number of hydrogen-bond donors (Lipinski definition) is 1. The highest BCUT2D eigenvalue weighted by Gasteiger charge is 2.30. The van der Waals surface area contributed by atoms with Gasteiger partial charge in [0.15, 0.2) is 9.84 Å². The Hall–Kier alpha value is -0.940. The SMILES string of the molecule is CCC(C(N)=NCCSCc1nc(CCCN(CC)CC)sc1C)S(=O)(=O)c1ccccc1Br. The molecule has 190 valence electrons. The number of rotatable bonds is 15. The monoisotopic (exact) mass is 588 g/mol. The van der Waals surface area contributed by atoms with Crippen LogP contribution in [-0.4, -0.2) is 61.3 Å². The topological polar surface area (TPSA) is 88.7 Å². The molecule has 0 spiro atoms. The molecule has 2 N–H and O–H groups in total. The van der Waals surface area contributed by atoms with Crippen LogP contribution in [0.4, 0.5) is 0 Å². The maximum atomic E-state index is 13.1. The number of nitrogens with two attached hydrogens (primary N) is 1. The van der Waals surface area contributed by atoms with Gasteiger partial charge in [-0.2, -0.15) is 11.8 Å². The summed E-state index contributed by atoms with van der Waals surface area (Å²) in [6.07, 6.45) is 2.54. The lowest BCUT2D eigenvalue weighted by Crippen LogP contribution is -2.36. The number of nitrogens with zero attached hydrogens (tertiary/aromatic N) is 3. The van der Waals surface area contributed by atoms with Crippen molar-refractivity contribution >= 4 is 54.7 Å². The number of benzene rings is 1. The maximum absolute atomic E-state index is 13.1. The Morgan fingerprint density at radius 2 is 1.97 bits per heavy atom. The number of aromatic nitrogens is 1. The molecule has 10 heteroatoms. The van der Waals surface area contributed by atoms with Crippen LogP contribution in [0.2, 0.25) is 0 Å². The fraction of sp³-hybridized carbons (Fsp3) is 0.583. The predicted molar refractivity (Wildman–Crippen MR) is 151 cm³/mol. The third-order valence-corrected chi connectivity index (χ3v) is 11.0. The van der Waals surface area contributed by atoms with Crippen LogP contribution in [0.1, 0.15) is 49.2 Å². The zero-order valence-corrected chi connectivity index (χ0v) is 24.6. The maximum Gasteiger partial charge on any atom is 0.189 e. The van der Waals surface area contributed by atoms with Crippen molar-refractivity contribution in [3.05, 3.63) is 44.3 Å². The summed E-state index contributed by atoms with van der Waals surface area (Å²) in [4.78, 5) is 13.2. The Balaban J connectivity index is 1.86. The van der Waals surface area contributed by atoms with Crippen molar-refractivity contribution in [1.82, 2.24) is 9.88 Å². The number of thiazole rings is 1. The second kappa shape index (κ2) is 14.6. The van der Waals surface area contributed by atoms with Crippen molar-refractivity contribution in [2.45, 2.75) is 62.9 Å². The van der Waals surface area contributed by atoms with Gasteiger partial charge in [-0.25, -0.2) is 13.4 Å². The number of hydrogen-bond acceptors (Lipinski definition) is 7. The molecule has 0 amide bonds. The quantitative estimate of drug-likeness (QED) is 0.172. The molecule has 1 atom stereocenters. The van der Waals surface area contributed by atoms with Crippen LogP contribution in [0.5, 0.6) is 0 Å². The molecule has 0 aliphatic rings. The summed E-state index contributed by atoms with van der Waals surface area (Å²) < 4.78 is 26.7. The molecule has 1 unspecified atom stereocenters. The van der Waals surface area contributed by atoms with Gasteiger partial charge in [0.2, 0.25) is 0 Å². The summed E-state index contributed by atoms with van der Waals surface area (Å²) >= 11 is 6.89. The fourth-order valence-corrected chi connectivity index (χ4v) is 8.28. The number of thioether (sulfide) groups is 1. The van der Waals surface area contributed by atoms with E-state index in [0.29, 0.717) is 17.4 Å². The molecular weight excluding hydrogens is 552 g/mol. The highest BCUT2D eigenvalue weighted by molar-refractivity contribution is 9.10. The van der Waals surface area contributed by atoms with Crippen LogP contribution in [0, 0.1) is 6.92 Å². The molecule has 2 aromatic rings. The normalized spacial score (nSPS) is 13.5. The van der Waals surface area contributed by atoms with Crippen molar-refractivity contribution in [2.75, 3.05) is 31.9 Å². The van der Waals surface area contributed by atoms with E-state index in [1.807, 2.05) is 6.92 Å². The van der Waals surface area contributed by atoms with Crippen molar-refractivity contribution in [2.24, 2.45) is 10.7 Å². The summed E-state index contributed by atoms with van der Waals surface area (Å²) in [6.45, 7) is 12.1. The third-order valence-electron chi connectivity index (χ3n) is 5.68. The van der Waals surface area contributed by atoms with E-state index in [2.05, 4.69) is 46.6 Å². The molecule has 0 aliphatic carbocycles. The van der Waals surface area contributed by atoms with Gasteiger partial charge in [0.1, 0.15) is 11.1 Å². The lowest BCUT2D eigenvalue weighted by molar-refractivity contribution is 0.300. The zero-order valence-electron chi connectivity index (χ0n) is 20.6. The van der Waals surface area contributed by atoms with E-state index in [-0.39, 0.29) is 10.7 Å². The van der Waals surface area contributed by atoms with E-state index in [0.717, 1.165) is 49.7 Å². The molecule has 6 nitrogen and oxygen atoms in total. The van der Waals surface area contributed by atoms with E-state index < -0.39 is 15.1 Å². The smallest absolute Gasteiger partial charge is 0.189 e. The average molecular weight is 590 g/mol. The van der Waals surface area contributed by atoms with E-state index in [1.165, 1.54) is 9.88 Å². The summed E-state index contributed by atoms with van der Waals surface area (Å²) in [5, 5.41) is 0.390. The number of sulfone groups is 1. The zero-order chi connectivity index (χ0) is 25.1. The van der Waals surface area contributed by atoms with Gasteiger partial charge < -0.3 is 10.6 Å². The number of aliphatic imine (C=N–C) groups is 1. The molecule has 0 saturated heterocycles. The molecule has 34 heavy (non-hydrogen) atoms. The Morgan fingerprint density at radius 3 is 2.62 bits per heavy atom. The van der Waals surface area contributed by atoms with Crippen LogP contribution in [-0.2, 0) is 22.0 Å². The van der Waals surface area contributed by atoms with Crippen LogP contribution in [0.15, 0.2) is 38.6 Å². The summed E-state index contributed by atoms with van der Waals surface area (Å²) in [5.74, 6) is 1.78. The van der Waals surface area contributed by atoms with Crippen molar-refractivity contribution in [1.29, 1.82) is 0 Å². The van der Waals surface area contributed by atoms with Crippen molar-refractivity contribution < 1.29 is 8.42 Å². The number of amidine groups is 1. The molecule has 1 heterocycles. The van der Waals surface area contributed by atoms with E-state index in [9.17, 15) is 8.42 Å². The number of aryl methyl sites for hydroxylation is 2. The van der Waals surface area contributed by atoms with Crippen LogP contribution in [0.25, 0.3) is 0 Å². The first kappa shape index (κ1) is 29.3. The molecule has 0 bridgehead atoms. The number of halogens is 1. The van der Waals surface area contributed by atoms with Gasteiger partial charge in [0.05, 0.1) is 22.1 Å². The van der Waals surface area contributed by atoms with Gasteiger partial charge in [-0.05, 0) is 67.5 Å². The van der Waals surface area contributed by atoms with Crippen LogP contribution >= 0.6 is 39.0 Å². The summed E-state index contributed by atoms with van der Waals surface area (Å²) in [5.41, 5.74) is 7.29. The Morgan fingerprint density at radius 1 is 1.26 bits per heavy atom. The minimum atomic E-state index is -3.61. The second-order valence-electron chi connectivity index (χ2n) is 7.97. The Labute approximate surface area is 221 Å². The Kier molecular flexibility index (Phi) is 12.6. The summed E-state index contributed by atoms with van der Waals surface area (Å²) in [6, 6.07) is 6.82. The van der Waals surface area contributed by atoms with Gasteiger partial charge in [-0.1, -0.05) is 32.9 Å². The predicted octanol–water partition coefficient (Wildman–Crippen LogP) is 5.33. The lowest BCUT2D eigenvalue weighted by Gasteiger charge is -2.16. The highest BCUT2D eigenvalue weighted by Crippen LogP contribution is 2.27. The molecule has 0 saturated carbocycles. The standard InChI is InChI=1S/C24H37BrN4O2S3/c1-5-21(34(30,31)22-12-9-8-11-19(22)25)24(26)27-14-16-32-17-20-18(4)33-23(28-20)13-10-15-29(6-2)7-3/h8-9,11-12,21H,5-7,10,13-17H2,1-4H3,(H2,26,27). The van der Waals surface area contributed by atoms with E-state index in [4.69, 9.17) is 10.7 Å². The first-order valence-electron chi connectivity index (χ1n) is 11.8. The summed E-state index contributed by atoms with van der Waals surface area (Å²) in [7, 11) is -3.61. The van der Waals surface area contributed by atoms with Gasteiger partial charge in [0, 0.05) is 27.3 Å². The van der Waals surface area contributed by atoms with Gasteiger partial charge in [0.25, 0.3) is 0 Å². The van der Waals surface area contributed by atoms with Gasteiger partial charge in [-0.3, -0.25) is 4.99 Å². The molecule has 1 aromatic carbocycles. The molecule has 0 aliphatic heterocycles. The minimum Gasteiger partial charge on any atom is -0.386 e. The van der Waals surface area contributed by atoms with E-state index >= 15 is 0 Å². The Bertz CT molecular complexity index is 1040. The first-order valence-corrected chi connectivity index (χ1v) is 16.1. The van der Waals surface area contributed by atoms with Gasteiger partial charge in [-0.15, -0.1) is 11.3 Å². The van der Waals surface area contributed by atoms with Crippen molar-refractivity contribution in [3.8, 4) is 0 Å². The first-order chi connectivity index (χ1) is 16.2. The molecular formula is C24H37BrN4O2S3. The molecule has 0 fully saturated rings. The minimum absolute atomic E-state index is 0.180. The second-order valence-corrected chi connectivity index (χ2v) is 13.3. The van der Waals surface area contributed by atoms with Crippen LogP contribution in [0.3, 0.4) is 0 Å². The van der Waals surface area contributed by atoms with E-state index in [1.54, 1.807) is 47.4 Å². The van der Waals surface area contributed by atoms with Gasteiger partial charge >= 0.3 is 0 Å². The third kappa shape index (κ3) is 8.33. The fourth-order valence-electron chi connectivity index (χ4n) is 3.65.